The summed E-state index contributed by atoms with van der Waals surface area (Å²) in [6, 6.07) is 0. The first-order valence-corrected chi connectivity index (χ1v) is 6.33. The number of thioether (sulfide) groups is 1. The monoisotopic (exact) mass is 205 g/mol. The van der Waals surface area contributed by atoms with Crippen LogP contribution < -0.4 is 5.32 Å². The minimum atomic E-state index is -0.563. The molecule has 2 unspecified atom stereocenters. The topological polar surface area (TPSA) is 32.3 Å². The Labute approximate surface area is 86.5 Å². The Morgan fingerprint density at radius 2 is 2.15 bits per heavy atom. The molecular formula is C10H23NOS. The van der Waals surface area contributed by atoms with Gasteiger partial charge in [0.15, 0.2) is 0 Å². The molecule has 2 nitrogen and oxygen atoms in total. The lowest BCUT2D eigenvalue weighted by Gasteiger charge is -2.23. The van der Waals surface area contributed by atoms with Gasteiger partial charge in [0.05, 0.1) is 5.60 Å². The third kappa shape index (κ3) is 7.35. The average Bonchev–Trinajstić information content (AvgIpc) is 2.03. The first kappa shape index (κ1) is 13.3. The molecule has 80 valence electrons. The summed E-state index contributed by atoms with van der Waals surface area (Å²) in [7, 11) is 0. The Morgan fingerprint density at radius 3 is 2.62 bits per heavy atom. The van der Waals surface area contributed by atoms with Crippen LogP contribution in [0.2, 0.25) is 0 Å². The van der Waals surface area contributed by atoms with E-state index in [9.17, 15) is 5.11 Å². The molecule has 0 aliphatic rings. The standard InChI is InChI=1S/C10H23NOS/c1-5-9(2)6-11-7-10(3,12)8-13-4/h9,11-12H,5-8H2,1-4H3. The van der Waals surface area contributed by atoms with Crippen molar-refractivity contribution in [2.24, 2.45) is 5.92 Å². The van der Waals surface area contributed by atoms with Gasteiger partial charge < -0.3 is 10.4 Å². The Bertz CT molecular complexity index is 128. The molecule has 2 N–H and O–H groups in total. The van der Waals surface area contributed by atoms with Gasteiger partial charge in [-0.3, -0.25) is 0 Å². The second-order valence-corrected chi connectivity index (χ2v) is 4.94. The lowest BCUT2D eigenvalue weighted by Crippen LogP contribution is -2.41. The van der Waals surface area contributed by atoms with E-state index in [0.29, 0.717) is 12.5 Å². The van der Waals surface area contributed by atoms with Gasteiger partial charge in [-0.2, -0.15) is 11.8 Å². The van der Waals surface area contributed by atoms with Gasteiger partial charge in [0.25, 0.3) is 0 Å². The molecule has 0 heterocycles. The number of aliphatic hydroxyl groups is 1. The maximum atomic E-state index is 9.82. The molecule has 0 bridgehead atoms. The minimum Gasteiger partial charge on any atom is -0.388 e. The molecule has 0 aromatic rings. The van der Waals surface area contributed by atoms with Gasteiger partial charge in [0.2, 0.25) is 0 Å². The summed E-state index contributed by atoms with van der Waals surface area (Å²) < 4.78 is 0. The van der Waals surface area contributed by atoms with Crippen LogP contribution >= 0.6 is 11.8 Å². The first-order chi connectivity index (χ1) is 6.02. The molecule has 0 saturated carbocycles. The number of rotatable bonds is 7. The third-order valence-corrected chi connectivity index (χ3v) is 3.06. The zero-order chi connectivity index (χ0) is 10.3. The van der Waals surface area contributed by atoms with Crippen molar-refractivity contribution in [2.45, 2.75) is 32.8 Å². The van der Waals surface area contributed by atoms with Gasteiger partial charge in [-0.05, 0) is 25.6 Å². The fourth-order valence-electron chi connectivity index (χ4n) is 1.09. The highest BCUT2D eigenvalue weighted by Gasteiger charge is 2.18. The SMILES string of the molecule is CCC(C)CNCC(C)(O)CSC. The summed E-state index contributed by atoms with van der Waals surface area (Å²) in [4.78, 5) is 0. The number of hydrogen-bond acceptors (Lipinski definition) is 3. The smallest absolute Gasteiger partial charge is 0.0833 e. The molecule has 0 spiro atoms. The van der Waals surface area contributed by atoms with Crippen LogP contribution in [0.5, 0.6) is 0 Å². The van der Waals surface area contributed by atoms with E-state index in [1.54, 1.807) is 11.8 Å². The van der Waals surface area contributed by atoms with Crippen LogP contribution in [0, 0.1) is 5.92 Å². The molecule has 13 heavy (non-hydrogen) atoms. The maximum Gasteiger partial charge on any atom is 0.0833 e. The molecule has 0 aliphatic carbocycles. The van der Waals surface area contributed by atoms with Crippen molar-refractivity contribution in [1.29, 1.82) is 0 Å². The molecule has 3 heteroatoms. The van der Waals surface area contributed by atoms with Gasteiger partial charge in [-0.15, -0.1) is 0 Å². The van der Waals surface area contributed by atoms with Crippen LogP contribution in [-0.2, 0) is 0 Å². The van der Waals surface area contributed by atoms with Crippen molar-refractivity contribution in [2.75, 3.05) is 25.1 Å². The highest BCUT2D eigenvalue weighted by atomic mass is 32.2. The summed E-state index contributed by atoms with van der Waals surface area (Å²) in [6.45, 7) is 7.98. The van der Waals surface area contributed by atoms with Crippen molar-refractivity contribution in [3.63, 3.8) is 0 Å². The van der Waals surface area contributed by atoms with Gasteiger partial charge in [-0.1, -0.05) is 20.3 Å². The quantitative estimate of drug-likeness (QED) is 0.664. The maximum absolute atomic E-state index is 9.82. The largest absolute Gasteiger partial charge is 0.388 e. The second kappa shape index (κ2) is 6.68. The fourth-order valence-corrected chi connectivity index (χ4v) is 1.82. The average molecular weight is 205 g/mol. The lowest BCUT2D eigenvalue weighted by molar-refractivity contribution is 0.0840. The van der Waals surface area contributed by atoms with Crippen LogP contribution in [0.25, 0.3) is 0 Å². The summed E-state index contributed by atoms with van der Waals surface area (Å²) >= 11 is 1.68. The van der Waals surface area contributed by atoms with Crippen LogP contribution in [0.1, 0.15) is 27.2 Å². The second-order valence-electron chi connectivity index (χ2n) is 4.07. The molecule has 0 saturated heterocycles. The first-order valence-electron chi connectivity index (χ1n) is 4.94. The van der Waals surface area contributed by atoms with Gasteiger partial charge >= 0.3 is 0 Å². The normalized spacial score (nSPS) is 18.2. The van der Waals surface area contributed by atoms with E-state index in [4.69, 9.17) is 0 Å². The van der Waals surface area contributed by atoms with E-state index < -0.39 is 5.60 Å². The van der Waals surface area contributed by atoms with E-state index in [1.165, 1.54) is 6.42 Å². The molecule has 0 aromatic heterocycles. The van der Waals surface area contributed by atoms with Crippen molar-refractivity contribution >= 4 is 11.8 Å². The highest BCUT2D eigenvalue weighted by molar-refractivity contribution is 7.98. The molecule has 0 aromatic carbocycles. The Balaban J connectivity index is 3.50. The molecule has 0 rings (SSSR count). The van der Waals surface area contributed by atoms with Crippen molar-refractivity contribution in [1.82, 2.24) is 5.32 Å². The summed E-state index contributed by atoms with van der Waals surface area (Å²) in [6.07, 6.45) is 3.21. The Hall–Kier alpha value is 0.270. The molecule has 0 aliphatic heterocycles. The molecular weight excluding hydrogens is 182 g/mol. The zero-order valence-corrected chi connectivity index (χ0v) is 10.1. The molecule has 2 atom stereocenters. The van der Waals surface area contributed by atoms with Crippen LogP contribution in [0.4, 0.5) is 0 Å². The highest BCUT2D eigenvalue weighted by Crippen LogP contribution is 2.09. The predicted octanol–water partition coefficient (Wildman–Crippen LogP) is 1.74. The van der Waals surface area contributed by atoms with Crippen molar-refractivity contribution < 1.29 is 5.11 Å². The summed E-state index contributed by atoms with van der Waals surface area (Å²) in [5.41, 5.74) is -0.563. The van der Waals surface area contributed by atoms with Gasteiger partial charge in [-0.25, -0.2) is 0 Å². The third-order valence-electron chi connectivity index (χ3n) is 2.15. The van der Waals surface area contributed by atoms with Crippen LogP contribution in [0.15, 0.2) is 0 Å². The van der Waals surface area contributed by atoms with E-state index in [2.05, 4.69) is 19.2 Å². The zero-order valence-electron chi connectivity index (χ0n) is 9.26. The molecule has 0 fully saturated rings. The number of hydrogen-bond donors (Lipinski definition) is 2. The van der Waals surface area contributed by atoms with Gasteiger partial charge in [0.1, 0.15) is 0 Å². The minimum absolute atomic E-state index is 0.563. The van der Waals surface area contributed by atoms with Crippen LogP contribution in [-0.4, -0.2) is 35.8 Å². The van der Waals surface area contributed by atoms with E-state index in [-0.39, 0.29) is 0 Å². The summed E-state index contributed by atoms with van der Waals surface area (Å²) in [5, 5.41) is 13.1. The van der Waals surface area contributed by atoms with E-state index in [1.807, 2.05) is 13.2 Å². The predicted molar refractivity (Wildman–Crippen MR) is 61.3 cm³/mol. The van der Waals surface area contributed by atoms with Gasteiger partial charge in [0, 0.05) is 12.3 Å². The Morgan fingerprint density at radius 1 is 1.54 bits per heavy atom. The van der Waals surface area contributed by atoms with Crippen molar-refractivity contribution in [3.05, 3.63) is 0 Å². The van der Waals surface area contributed by atoms with E-state index in [0.717, 1.165) is 12.3 Å². The van der Waals surface area contributed by atoms with Crippen molar-refractivity contribution in [3.8, 4) is 0 Å². The summed E-state index contributed by atoms with van der Waals surface area (Å²) in [5.74, 6) is 1.49. The fraction of sp³-hybridized carbons (Fsp3) is 1.00. The molecule has 0 radical (unpaired) electrons. The number of nitrogens with one attached hydrogen (secondary N) is 1. The molecule has 0 amide bonds. The van der Waals surface area contributed by atoms with Crippen LogP contribution in [0.3, 0.4) is 0 Å². The lowest BCUT2D eigenvalue weighted by atomic mass is 10.1. The Kier molecular flexibility index (Phi) is 6.82. The van der Waals surface area contributed by atoms with E-state index >= 15 is 0 Å².